The van der Waals surface area contributed by atoms with Crippen LogP contribution in [0.4, 0.5) is 0 Å². The molecule has 0 saturated carbocycles. The van der Waals surface area contributed by atoms with Gasteiger partial charge in [-0.1, -0.05) is 0 Å². The van der Waals surface area contributed by atoms with Crippen LogP contribution in [0.2, 0.25) is 0 Å². The third-order valence-corrected chi connectivity index (χ3v) is 4.26. The van der Waals surface area contributed by atoms with Gasteiger partial charge in [0.2, 0.25) is 5.78 Å². The molecule has 2 aromatic rings. The van der Waals surface area contributed by atoms with E-state index in [1.807, 2.05) is 0 Å². The lowest BCUT2D eigenvalue weighted by Gasteiger charge is -2.16. The van der Waals surface area contributed by atoms with E-state index in [9.17, 15) is 39.9 Å². The first-order valence-electron chi connectivity index (χ1n) is 8.73. The second kappa shape index (κ2) is 9.32. The second-order valence-electron chi connectivity index (χ2n) is 6.45. The van der Waals surface area contributed by atoms with Gasteiger partial charge in [-0.25, -0.2) is 9.59 Å². The summed E-state index contributed by atoms with van der Waals surface area (Å²) in [5.74, 6) is -6.70. The average molecular weight is 436 g/mol. The molecular weight excluding hydrogens is 416 g/mol. The maximum absolute atomic E-state index is 13.1. The lowest BCUT2D eigenvalue weighted by atomic mass is 9.92. The second-order valence-corrected chi connectivity index (χ2v) is 6.45. The number of benzene rings is 2. The molecule has 0 radical (unpaired) electrons. The zero-order chi connectivity index (χ0) is 23.5. The molecule has 166 valence electrons. The maximum Gasteiger partial charge on any atom is 0.342 e. The number of methoxy groups -OCH3 is 1. The lowest BCUT2D eigenvalue weighted by molar-refractivity contribution is 0.00906. The molecule has 0 amide bonds. The molecule has 0 bridgehead atoms. The van der Waals surface area contributed by atoms with Gasteiger partial charge >= 0.3 is 11.9 Å². The molecule has 31 heavy (non-hydrogen) atoms. The maximum atomic E-state index is 13.1. The Bertz CT molecular complexity index is 1040. The molecule has 2 aromatic carbocycles. The first-order chi connectivity index (χ1) is 14.5. The minimum Gasteiger partial charge on any atom is -0.508 e. The van der Waals surface area contributed by atoms with E-state index in [1.165, 1.54) is 6.92 Å². The normalized spacial score (nSPS) is 11.6. The van der Waals surface area contributed by atoms with Gasteiger partial charge in [-0.3, -0.25) is 4.79 Å². The van der Waals surface area contributed by atoms with Crippen LogP contribution in [-0.4, -0.2) is 74.8 Å². The highest BCUT2D eigenvalue weighted by atomic mass is 16.5. The number of aliphatic hydroxyl groups excluding tert-OH is 2. The van der Waals surface area contributed by atoms with Gasteiger partial charge in [0.05, 0.1) is 24.8 Å². The number of esters is 2. The van der Waals surface area contributed by atoms with Crippen molar-refractivity contribution < 1.29 is 54.5 Å². The Balaban J connectivity index is 2.64. The number of phenolic OH excluding ortho intramolecular Hbond substituents is 4. The van der Waals surface area contributed by atoms with Crippen molar-refractivity contribution >= 4 is 17.7 Å². The van der Waals surface area contributed by atoms with Gasteiger partial charge in [0.1, 0.15) is 46.8 Å². The molecule has 0 saturated heterocycles. The van der Waals surface area contributed by atoms with Gasteiger partial charge in [0.25, 0.3) is 0 Å². The molecule has 0 aliphatic carbocycles. The van der Waals surface area contributed by atoms with Crippen molar-refractivity contribution in [2.75, 3.05) is 20.3 Å². The first kappa shape index (κ1) is 23.4. The fourth-order valence-corrected chi connectivity index (χ4v) is 2.81. The molecule has 0 aromatic heterocycles. The van der Waals surface area contributed by atoms with Gasteiger partial charge in [-0.2, -0.15) is 0 Å². The molecule has 1 atom stereocenters. The van der Waals surface area contributed by atoms with E-state index < -0.39 is 82.3 Å². The molecule has 0 aliphatic rings. The van der Waals surface area contributed by atoms with Crippen LogP contribution in [-0.2, 0) is 9.47 Å². The van der Waals surface area contributed by atoms with Crippen LogP contribution in [0.15, 0.2) is 18.2 Å². The minimum atomic E-state index is -1.37. The van der Waals surface area contributed by atoms with Crippen LogP contribution in [0.1, 0.15) is 42.2 Å². The number of ether oxygens (including phenoxy) is 2. The summed E-state index contributed by atoms with van der Waals surface area (Å²) in [5, 5.41) is 58.7. The Morgan fingerprint density at radius 3 is 2.13 bits per heavy atom. The number of ketones is 1. The number of rotatable bonds is 7. The van der Waals surface area contributed by atoms with Crippen LogP contribution in [0.5, 0.6) is 23.0 Å². The van der Waals surface area contributed by atoms with E-state index >= 15 is 0 Å². The van der Waals surface area contributed by atoms with Crippen molar-refractivity contribution in [2.45, 2.75) is 13.0 Å². The number of phenols is 4. The summed E-state index contributed by atoms with van der Waals surface area (Å²) in [6.45, 7) is 0.0300. The zero-order valence-corrected chi connectivity index (χ0v) is 16.4. The summed E-state index contributed by atoms with van der Waals surface area (Å²) in [6, 6.07) is 2.57. The van der Waals surface area contributed by atoms with E-state index in [0.29, 0.717) is 0 Å². The third-order valence-electron chi connectivity index (χ3n) is 4.26. The van der Waals surface area contributed by atoms with Crippen molar-refractivity contribution in [3.05, 3.63) is 46.0 Å². The highest BCUT2D eigenvalue weighted by Crippen LogP contribution is 2.38. The van der Waals surface area contributed by atoms with E-state index in [1.54, 1.807) is 0 Å². The molecule has 11 nitrogen and oxygen atoms in total. The highest BCUT2D eigenvalue weighted by molar-refractivity contribution is 6.19. The van der Waals surface area contributed by atoms with Crippen molar-refractivity contribution in [1.82, 2.24) is 0 Å². The molecule has 0 heterocycles. The third kappa shape index (κ3) is 4.68. The predicted octanol–water partition coefficient (Wildman–Crippen LogP) is 0.345. The van der Waals surface area contributed by atoms with Gasteiger partial charge < -0.3 is 40.1 Å². The SMILES string of the molecule is COC(=O)c1cc(O)cc(O)c1C(=O)c1c(O)cc(C)c(C(=O)OC[C@H](O)CO)c1O. The Labute approximate surface area is 175 Å². The zero-order valence-electron chi connectivity index (χ0n) is 16.4. The average Bonchev–Trinajstić information content (AvgIpc) is 2.70. The number of aromatic hydroxyl groups is 4. The fourth-order valence-electron chi connectivity index (χ4n) is 2.81. The molecule has 0 aliphatic heterocycles. The summed E-state index contributed by atoms with van der Waals surface area (Å²) in [7, 11) is 0.993. The van der Waals surface area contributed by atoms with Crippen molar-refractivity contribution in [3.8, 4) is 23.0 Å². The van der Waals surface area contributed by atoms with Crippen LogP contribution < -0.4 is 0 Å². The number of aryl methyl sites for hydroxylation is 1. The Morgan fingerprint density at radius 1 is 0.935 bits per heavy atom. The van der Waals surface area contributed by atoms with Crippen molar-refractivity contribution in [3.63, 3.8) is 0 Å². The summed E-state index contributed by atoms with van der Waals surface area (Å²) in [4.78, 5) is 37.4. The standard InChI is InChI=1S/C20H20O11/c1-8-3-12(24)16(17(26)14(8)20(29)31-7-10(23)6-21)18(27)15-11(19(28)30-2)4-9(22)5-13(15)25/h3-5,10,21-26H,6-7H2,1-2H3/t10-/m1/s1. The van der Waals surface area contributed by atoms with E-state index in [2.05, 4.69) is 4.74 Å². The largest absolute Gasteiger partial charge is 0.508 e. The van der Waals surface area contributed by atoms with Gasteiger partial charge in [-0.15, -0.1) is 0 Å². The van der Waals surface area contributed by atoms with E-state index in [0.717, 1.165) is 25.3 Å². The Hall–Kier alpha value is -3.83. The number of carbonyl (C=O) groups is 3. The number of hydrogen-bond acceptors (Lipinski definition) is 11. The summed E-state index contributed by atoms with van der Waals surface area (Å²) < 4.78 is 9.31. The van der Waals surface area contributed by atoms with Gasteiger partial charge in [0.15, 0.2) is 0 Å². The van der Waals surface area contributed by atoms with E-state index in [4.69, 9.17) is 9.84 Å². The quantitative estimate of drug-likeness (QED) is 0.259. The van der Waals surface area contributed by atoms with Crippen LogP contribution in [0.25, 0.3) is 0 Å². The van der Waals surface area contributed by atoms with Crippen LogP contribution in [0.3, 0.4) is 0 Å². The van der Waals surface area contributed by atoms with Crippen molar-refractivity contribution in [1.29, 1.82) is 0 Å². The number of aliphatic hydroxyl groups is 2. The lowest BCUT2D eigenvalue weighted by Crippen LogP contribution is -2.22. The van der Waals surface area contributed by atoms with Crippen LogP contribution in [0, 0.1) is 6.92 Å². The minimum absolute atomic E-state index is 0.0122. The van der Waals surface area contributed by atoms with E-state index in [-0.39, 0.29) is 5.56 Å². The van der Waals surface area contributed by atoms with Crippen molar-refractivity contribution in [2.24, 2.45) is 0 Å². The number of hydrogen-bond donors (Lipinski definition) is 6. The predicted molar refractivity (Wildman–Crippen MR) is 102 cm³/mol. The first-order valence-corrected chi connectivity index (χ1v) is 8.73. The molecule has 0 spiro atoms. The molecule has 0 fully saturated rings. The molecule has 11 heteroatoms. The fraction of sp³-hybridized carbons (Fsp3) is 0.250. The van der Waals surface area contributed by atoms with Gasteiger partial charge in [0, 0.05) is 6.07 Å². The molecule has 6 N–H and O–H groups in total. The summed E-state index contributed by atoms with van der Waals surface area (Å²) in [6.07, 6.45) is -1.37. The molecule has 2 rings (SSSR count). The number of carbonyl (C=O) groups excluding carboxylic acids is 3. The highest BCUT2D eigenvalue weighted by Gasteiger charge is 2.31. The summed E-state index contributed by atoms with van der Waals surface area (Å²) >= 11 is 0. The monoisotopic (exact) mass is 436 g/mol. The summed E-state index contributed by atoms with van der Waals surface area (Å²) in [5.41, 5.74) is -2.59. The molecular formula is C20H20O11. The Kier molecular flexibility index (Phi) is 7.05. The molecule has 0 unspecified atom stereocenters. The Morgan fingerprint density at radius 2 is 1.55 bits per heavy atom. The van der Waals surface area contributed by atoms with Gasteiger partial charge in [-0.05, 0) is 24.6 Å². The smallest absolute Gasteiger partial charge is 0.342 e. The topological polar surface area (TPSA) is 191 Å². The van der Waals surface area contributed by atoms with Crippen LogP contribution >= 0.6 is 0 Å².